The summed E-state index contributed by atoms with van der Waals surface area (Å²) in [6.07, 6.45) is 2.53. The molecule has 3 N–H and O–H groups in total. The lowest BCUT2D eigenvalue weighted by molar-refractivity contribution is -0.117. The third kappa shape index (κ3) is 5.44. The minimum Gasteiger partial charge on any atom is -0.325 e. The molecule has 1 aromatic carbocycles. The SMILES string of the molecule is CSCC[C@H](N)C(=O)Nc1ccc(Cl)c(F)c1.Cl. The van der Waals surface area contributed by atoms with Crippen molar-refractivity contribution in [1.29, 1.82) is 0 Å². The highest BCUT2D eigenvalue weighted by molar-refractivity contribution is 7.98. The van der Waals surface area contributed by atoms with Crippen LogP contribution in [0.5, 0.6) is 0 Å². The number of hydrogen-bond acceptors (Lipinski definition) is 3. The lowest BCUT2D eigenvalue weighted by Gasteiger charge is -2.11. The van der Waals surface area contributed by atoms with Crippen molar-refractivity contribution in [2.75, 3.05) is 17.3 Å². The number of thioether (sulfide) groups is 1. The van der Waals surface area contributed by atoms with Crippen LogP contribution in [0.25, 0.3) is 0 Å². The summed E-state index contributed by atoms with van der Waals surface area (Å²) in [5.74, 6) is -0.0771. The van der Waals surface area contributed by atoms with Gasteiger partial charge in [0.2, 0.25) is 5.91 Å². The Bertz CT molecular complexity index is 407. The number of rotatable bonds is 5. The number of halogens is 3. The average Bonchev–Trinajstić information content (AvgIpc) is 2.30. The summed E-state index contributed by atoms with van der Waals surface area (Å²) < 4.78 is 13.1. The van der Waals surface area contributed by atoms with E-state index in [0.717, 1.165) is 5.75 Å². The summed E-state index contributed by atoms with van der Waals surface area (Å²) in [7, 11) is 0. The largest absolute Gasteiger partial charge is 0.325 e. The smallest absolute Gasteiger partial charge is 0.241 e. The van der Waals surface area contributed by atoms with Gasteiger partial charge in [-0.05, 0) is 36.6 Å². The second-order valence-electron chi connectivity index (χ2n) is 3.51. The molecular formula is C11H15Cl2FN2OS. The van der Waals surface area contributed by atoms with Gasteiger partial charge in [-0.25, -0.2) is 4.39 Å². The zero-order valence-electron chi connectivity index (χ0n) is 9.78. The first-order chi connectivity index (χ1) is 8.04. The zero-order chi connectivity index (χ0) is 12.8. The number of carbonyl (C=O) groups is 1. The standard InChI is InChI=1S/C11H14ClFN2OS.ClH/c1-17-5-4-10(14)11(16)15-7-2-3-8(12)9(13)6-7;/h2-3,6,10H,4-5,14H2,1H3,(H,15,16);1H/t10-;/m0./s1. The first-order valence-electron chi connectivity index (χ1n) is 5.05. The van der Waals surface area contributed by atoms with E-state index in [1.54, 1.807) is 11.8 Å². The third-order valence-electron chi connectivity index (χ3n) is 2.16. The van der Waals surface area contributed by atoms with E-state index in [1.807, 2.05) is 6.26 Å². The molecule has 0 heterocycles. The molecule has 0 aromatic heterocycles. The van der Waals surface area contributed by atoms with Crippen LogP contribution in [0.4, 0.5) is 10.1 Å². The topological polar surface area (TPSA) is 55.1 Å². The van der Waals surface area contributed by atoms with Crippen LogP contribution in [-0.4, -0.2) is 24.0 Å². The van der Waals surface area contributed by atoms with E-state index in [4.69, 9.17) is 17.3 Å². The van der Waals surface area contributed by atoms with E-state index >= 15 is 0 Å². The van der Waals surface area contributed by atoms with Gasteiger partial charge in [-0.1, -0.05) is 11.6 Å². The molecule has 0 saturated carbocycles. The van der Waals surface area contributed by atoms with Gasteiger partial charge in [0.05, 0.1) is 11.1 Å². The maximum Gasteiger partial charge on any atom is 0.241 e. The number of anilines is 1. The Morgan fingerprint density at radius 3 is 2.83 bits per heavy atom. The summed E-state index contributed by atoms with van der Waals surface area (Å²) in [5, 5.41) is 2.57. The molecule has 3 nitrogen and oxygen atoms in total. The fourth-order valence-electron chi connectivity index (χ4n) is 1.18. The lowest BCUT2D eigenvalue weighted by Crippen LogP contribution is -2.36. The Hall–Kier alpha value is -0.490. The number of nitrogens with one attached hydrogen (secondary N) is 1. The second kappa shape index (κ2) is 8.58. The van der Waals surface area contributed by atoms with Crippen molar-refractivity contribution < 1.29 is 9.18 Å². The summed E-state index contributed by atoms with van der Waals surface area (Å²) in [6, 6.07) is 3.51. The maximum atomic E-state index is 13.1. The molecule has 1 amide bonds. The third-order valence-corrected chi connectivity index (χ3v) is 3.11. The van der Waals surface area contributed by atoms with E-state index in [-0.39, 0.29) is 23.3 Å². The monoisotopic (exact) mass is 312 g/mol. The molecule has 1 aromatic rings. The predicted molar refractivity (Wildman–Crippen MR) is 78.3 cm³/mol. The Morgan fingerprint density at radius 1 is 1.61 bits per heavy atom. The number of amides is 1. The molecule has 0 fully saturated rings. The van der Waals surface area contributed by atoms with Gasteiger partial charge >= 0.3 is 0 Å². The van der Waals surface area contributed by atoms with E-state index in [2.05, 4.69) is 5.32 Å². The molecule has 18 heavy (non-hydrogen) atoms. The van der Waals surface area contributed by atoms with Gasteiger partial charge in [0, 0.05) is 5.69 Å². The fraction of sp³-hybridized carbons (Fsp3) is 0.364. The normalized spacial score (nSPS) is 11.6. The molecule has 0 aliphatic carbocycles. The summed E-state index contributed by atoms with van der Waals surface area (Å²) >= 11 is 7.15. The predicted octanol–water partition coefficient (Wildman–Crippen LogP) is 2.92. The van der Waals surface area contributed by atoms with Gasteiger partial charge in [0.15, 0.2) is 0 Å². The number of hydrogen-bond donors (Lipinski definition) is 2. The molecule has 0 unspecified atom stereocenters. The van der Waals surface area contributed by atoms with Crippen LogP contribution in [-0.2, 0) is 4.79 Å². The minimum absolute atomic E-state index is 0. The summed E-state index contributed by atoms with van der Waals surface area (Å²) in [6.45, 7) is 0. The van der Waals surface area contributed by atoms with Crippen LogP contribution in [0.3, 0.4) is 0 Å². The molecule has 0 aliphatic heterocycles. The Balaban J connectivity index is 0.00000289. The zero-order valence-corrected chi connectivity index (χ0v) is 12.2. The second-order valence-corrected chi connectivity index (χ2v) is 4.90. The van der Waals surface area contributed by atoms with Crippen molar-refractivity contribution in [2.24, 2.45) is 5.73 Å². The van der Waals surface area contributed by atoms with E-state index < -0.39 is 11.9 Å². The number of carbonyl (C=O) groups excluding carboxylic acids is 1. The van der Waals surface area contributed by atoms with Crippen molar-refractivity contribution in [3.63, 3.8) is 0 Å². The maximum absolute atomic E-state index is 13.1. The highest BCUT2D eigenvalue weighted by atomic mass is 35.5. The van der Waals surface area contributed by atoms with E-state index in [1.165, 1.54) is 18.2 Å². The van der Waals surface area contributed by atoms with Crippen LogP contribution in [0, 0.1) is 5.82 Å². The van der Waals surface area contributed by atoms with E-state index in [0.29, 0.717) is 12.1 Å². The van der Waals surface area contributed by atoms with Crippen molar-refractivity contribution in [3.05, 3.63) is 29.0 Å². The van der Waals surface area contributed by atoms with Gasteiger partial charge in [0.1, 0.15) is 5.82 Å². The molecule has 0 bridgehead atoms. The highest BCUT2D eigenvalue weighted by Crippen LogP contribution is 2.18. The molecule has 0 radical (unpaired) electrons. The molecule has 0 aliphatic rings. The molecule has 1 atom stereocenters. The van der Waals surface area contributed by atoms with Gasteiger partial charge in [-0.15, -0.1) is 12.4 Å². The summed E-state index contributed by atoms with van der Waals surface area (Å²) in [4.78, 5) is 11.6. The molecule has 102 valence electrons. The van der Waals surface area contributed by atoms with Crippen LogP contribution < -0.4 is 11.1 Å². The van der Waals surface area contributed by atoms with Gasteiger partial charge < -0.3 is 11.1 Å². The number of benzene rings is 1. The quantitative estimate of drug-likeness (QED) is 0.879. The van der Waals surface area contributed by atoms with Crippen molar-refractivity contribution >= 4 is 47.4 Å². The molecular weight excluding hydrogens is 298 g/mol. The summed E-state index contributed by atoms with van der Waals surface area (Å²) in [5.41, 5.74) is 6.03. The minimum atomic E-state index is -0.582. The Morgan fingerprint density at radius 2 is 2.28 bits per heavy atom. The molecule has 0 saturated heterocycles. The first kappa shape index (κ1) is 17.5. The Labute approximate surface area is 121 Å². The van der Waals surface area contributed by atoms with Crippen LogP contribution in [0.15, 0.2) is 18.2 Å². The van der Waals surface area contributed by atoms with Crippen molar-refractivity contribution in [2.45, 2.75) is 12.5 Å². The van der Waals surface area contributed by atoms with E-state index in [9.17, 15) is 9.18 Å². The fourth-order valence-corrected chi connectivity index (χ4v) is 1.79. The van der Waals surface area contributed by atoms with Gasteiger partial charge in [-0.2, -0.15) is 11.8 Å². The molecule has 1 rings (SSSR count). The van der Waals surface area contributed by atoms with Crippen molar-refractivity contribution in [3.8, 4) is 0 Å². The van der Waals surface area contributed by atoms with Crippen molar-refractivity contribution in [1.82, 2.24) is 0 Å². The average molecular weight is 313 g/mol. The molecule has 7 heteroatoms. The lowest BCUT2D eigenvalue weighted by atomic mass is 10.2. The number of nitrogens with two attached hydrogens (primary N) is 1. The molecule has 0 spiro atoms. The van der Waals surface area contributed by atoms with Crippen LogP contribution in [0.2, 0.25) is 5.02 Å². The highest BCUT2D eigenvalue weighted by Gasteiger charge is 2.13. The van der Waals surface area contributed by atoms with Crippen LogP contribution in [0.1, 0.15) is 6.42 Å². The first-order valence-corrected chi connectivity index (χ1v) is 6.82. The van der Waals surface area contributed by atoms with Gasteiger partial charge in [-0.3, -0.25) is 4.79 Å². The van der Waals surface area contributed by atoms with Gasteiger partial charge in [0.25, 0.3) is 0 Å². The Kier molecular flexibility index (Phi) is 8.35. The van der Waals surface area contributed by atoms with Crippen LogP contribution >= 0.6 is 35.8 Å².